The van der Waals surface area contributed by atoms with Crippen LogP contribution in [0.25, 0.3) is 0 Å². The second-order valence-corrected chi connectivity index (χ2v) is 4.85. The molecule has 0 aromatic rings. The zero-order valence-corrected chi connectivity index (χ0v) is 12.1. The Morgan fingerprint density at radius 3 is 2.22 bits per heavy atom. The van der Waals surface area contributed by atoms with E-state index in [1.807, 2.05) is 13.8 Å². The van der Waals surface area contributed by atoms with E-state index in [1.165, 1.54) is 7.11 Å². The van der Waals surface area contributed by atoms with Gasteiger partial charge < -0.3 is 14.4 Å². The minimum absolute atomic E-state index is 0.0535. The van der Waals surface area contributed by atoms with E-state index >= 15 is 0 Å². The van der Waals surface area contributed by atoms with Crippen molar-refractivity contribution in [3.63, 3.8) is 0 Å². The predicted molar refractivity (Wildman–Crippen MR) is 69.1 cm³/mol. The van der Waals surface area contributed by atoms with Crippen molar-refractivity contribution < 1.29 is 19.1 Å². The molecule has 0 aliphatic heterocycles. The van der Waals surface area contributed by atoms with E-state index in [4.69, 9.17) is 4.74 Å². The first kappa shape index (κ1) is 16.9. The van der Waals surface area contributed by atoms with E-state index in [1.54, 1.807) is 18.9 Å². The fourth-order valence-corrected chi connectivity index (χ4v) is 1.60. The van der Waals surface area contributed by atoms with Crippen molar-refractivity contribution in [2.24, 2.45) is 11.8 Å². The first-order chi connectivity index (χ1) is 8.42. The van der Waals surface area contributed by atoms with Crippen LogP contribution in [0.3, 0.4) is 0 Å². The number of carbonyl (C=O) groups is 2. The van der Waals surface area contributed by atoms with E-state index in [9.17, 15) is 9.59 Å². The Balaban J connectivity index is 4.47. The van der Waals surface area contributed by atoms with Gasteiger partial charge in [-0.3, -0.25) is 9.59 Å². The molecule has 5 nitrogen and oxygen atoms in total. The molecule has 1 atom stereocenters. The fraction of sp³-hybridized carbons (Fsp3) is 0.846. The lowest BCUT2D eigenvalue weighted by molar-refractivity contribution is -0.146. The summed E-state index contributed by atoms with van der Waals surface area (Å²) in [4.78, 5) is 25.1. The summed E-state index contributed by atoms with van der Waals surface area (Å²) in [7, 11) is 2.95. The maximum Gasteiger partial charge on any atom is 0.310 e. The number of hydrogen-bond donors (Lipinski definition) is 0. The van der Waals surface area contributed by atoms with Crippen molar-refractivity contribution in [1.29, 1.82) is 0 Å². The number of rotatable bonds is 8. The molecular formula is C13H25NO4. The molecule has 0 fully saturated rings. The molecule has 0 saturated carbocycles. The molecule has 0 aromatic heterocycles. The Morgan fingerprint density at radius 1 is 1.17 bits per heavy atom. The molecule has 0 aromatic carbocycles. The van der Waals surface area contributed by atoms with Gasteiger partial charge in [-0.15, -0.1) is 0 Å². The molecule has 106 valence electrons. The minimum Gasteiger partial charge on any atom is -0.469 e. The number of hydrogen-bond acceptors (Lipinski definition) is 4. The Morgan fingerprint density at radius 2 is 1.78 bits per heavy atom. The molecule has 1 amide bonds. The number of amides is 1. The summed E-state index contributed by atoms with van der Waals surface area (Å²) < 4.78 is 9.66. The number of nitrogens with zero attached hydrogens (tertiary/aromatic N) is 1. The van der Waals surface area contributed by atoms with Gasteiger partial charge in [-0.25, -0.2) is 0 Å². The van der Waals surface area contributed by atoms with Crippen LogP contribution in [0.5, 0.6) is 0 Å². The summed E-state index contributed by atoms with van der Waals surface area (Å²) in [5, 5.41) is 0. The van der Waals surface area contributed by atoms with E-state index in [0.717, 1.165) is 0 Å². The van der Waals surface area contributed by atoms with Gasteiger partial charge in [-0.05, 0) is 5.92 Å². The van der Waals surface area contributed by atoms with Crippen molar-refractivity contribution >= 4 is 11.9 Å². The van der Waals surface area contributed by atoms with Crippen LogP contribution in [0.2, 0.25) is 0 Å². The third-order valence-corrected chi connectivity index (χ3v) is 2.60. The van der Waals surface area contributed by atoms with Gasteiger partial charge in [0.05, 0.1) is 19.6 Å². The number of methoxy groups -OCH3 is 2. The van der Waals surface area contributed by atoms with Crippen molar-refractivity contribution in [3.8, 4) is 0 Å². The zero-order chi connectivity index (χ0) is 14.1. The second-order valence-electron chi connectivity index (χ2n) is 4.85. The van der Waals surface area contributed by atoms with Gasteiger partial charge in [0, 0.05) is 26.6 Å². The summed E-state index contributed by atoms with van der Waals surface area (Å²) in [5.74, 6) is -0.258. The lowest BCUT2D eigenvalue weighted by Gasteiger charge is -2.25. The first-order valence-corrected chi connectivity index (χ1v) is 6.26. The predicted octanol–water partition coefficient (Wildman–Crippen LogP) is 1.32. The van der Waals surface area contributed by atoms with E-state index in [0.29, 0.717) is 32.0 Å². The molecule has 0 saturated heterocycles. The molecule has 0 bridgehead atoms. The van der Waals surface area contributed by atoms with Gasteiger partial charge in [0.25, 0.3) is 0 Å². The third-order valence-electron chi connectivity index (χ3n) is 2.60. The molecule has 18 heavy (non-hydrogen) atoms. The minimum atomic E-state index is -0.317. The maximum absolute atomic E-state index is 12.0. The van der Waals surface area contributed by atoms with Gasteiger partial charge >= 0.3 is 5.97 Å². The number of esters is 1. The van der Waals surface area contributed by atoms with Gasteiger partial charge in [0.15, 0.2) is 0 Å². The lowest BCUT2D eigenvalue weighted by Crippen LogP contribution is -2.39. The topological polar surface area (TPSA) is 55.8 Å². The highest BCUT2D eigenvalue weighted by molar-refractivity contribution is 5.78. The van der Waals surface area contributed by atoms with Gasteiger partial charge in [0.2, 0.25) is 5.91 Å². The van der Waals surface area contributed by atoms with E-state index in [-0.39, 0.29) is 17.8 Å². The highest BCUT2D eigenvalue weighted by atomic mass is 16.5. The average Bonchev–Trinajstić information content (AvgIpc) is 2.31. The molecule has 1 unspecified atom stereocenters. The van der Waals surface area contributed by atoms with Crippen LogP contribution < -0.4 is 0 Å². The van der Waals surface area contributed by atoms with Crippen LogP contribution in [0.15, 0.2) is 0 Å². The molecule has 0 radical (unpaired) electrons. The molecule has 0 aliphatic carbocycles. The second kappa shape index (κ2) is 8.91. The smallest absolute Gasteiger partial charge is 0.310 e. The third kappa shape index (κ3) is 6.59. The Bertz CT molecular complexity index is 266. The Labute approximate surface area is 109 Å². The summed E-state index contributed by atoms with van der Waals surface area (Å²) in [6.07, 6.45) is 0.484. The largest absolute Gasteiger partial charge is 0.469 e. The molecule has 5 heteroatoms. The van der Waals surface area contributed by atoms with Crippen molar-refractivity contribution in [2.75, 3.05) is 33.9 Å². The maximum atomic E-state index is 12.0. The summed E-state index contributed by atoms with van der Waals surface area (Å²) >= 11 is 0. The monoisotopic (exact) mass is 259 g/mol. The zero-order valence-electron chi connectivity index (χ0n) is 12.1. The Hall–Kier alpha value is -1.10. The standard InChI is InChI=1S/C13H25NO4/c1-10(2)8-12(15)14(6-7-17-4)9-11(3)13(16)18-5/h10-11H,6-9H2,1-5H3. The van der Waals surface area contributed by atoms with Crippen LogP contribution >= 0.6 is 0 Å². The molecule has 0 heterocycles. The van der Waals surface area contributed by atoms with Gasteiger partial charge in [-0.1, -0.05) is 20.8 Å². The molecule has 0 spiro atoms. The summed E-state index contributed by atoms with van der Waals surface area (Å²) in [6.45, 7) is 7.10. The highest BCUT2D eigenvalue weighted by Crippen LogP contribution is 2.08. The summed E-state index contributed by atoms with van der Waals surface area (Å²) in [6, 6.07) is 0. The van der Waals surface area contributed by atoms with E-state index in [2.05, 4.69) is 4.74 Å². The number of carbonyl (C=O) groups excluding carboxylic acids is 2. The van der Waals surface area contributed by atoms with Crippen molar-refractivity contribution in [3.05, 3.63) is 0 Å². The Kier molecular flexibility index (Phi) is 8.37. The van der Waals surface area contributed by atoms with Crippen LogP contribution in [-0.4, -0.2) is 50.7 Å². The molecule has 0 N–H and O–H groups in total. The molecule has 0 aliphatic rings. The molecular weight excluding hydrogens is 234 g/mol. The molecule has 0 rings (SSSR count). The average molecular weight is 259 g/mol. The van der Waals surface area contributed by atoms with Crippen LogP contribution in [0.1, 0.15) is 27.2 Å². The fourth-order valence-electron chi connectivity index (χ4n) is 1.60. The van der Waals surface area contributed by atoms with Crippen molar-refractivity contribution in [1.82, 2.24) is 4.90 Å². The SMILES string of the molecule is COCCN(CC(C)C(=O)OC)C(=O)CC(C)C. The van der Waals surface area contributed by atoms with Crippen LogP contribution in [0, 0.1) is 11.8 Å². The normalized spacial score (nSPS) is 12.3. The lowest BCUT2D eigenvalue weighted by atomic mass is 10.1. The van der Waals surface area contributed by atoms with E-state index < -0.39 is 0 Å². The highest BCUT2D eigenvalue weighted by Gasteiger charge is 2.21. The summed E-state index contributed by atoms with van der Waals surface area (Å²) in [5.41, 5.74) is 0. The van der Waals surface area contributed by atoms with Crippen molar-refractivity contribution in [2.45, 2.75) is 27.2 Å². The van der Waals surface area contributed by atoms with Gasteiger partial charge in [-0.2, -0.15) is 0 Å². The van der Waals surface area contributed by atoms with Gasteiger partial charge in [0.1, 0.15) is 0 Å². The number of ether oxygens (including phenoxy) is 2. The quantitative estimate of drug-likeness (QED) is 0.617. The van der Waals surface area contributed by atoms with Crippen LogP contribution in [-0.2, 0) is 19.1 Å². The van der Waals surface area contributed by atoms with Crippen LogP contribution in [0.4, 0.5) is 0 Å². The first-order valence-electron chi connectivity index (χ1n) is 6.26.